The van der Waals surface area contributed by atoms with E-state index in [1.54, 1.807) is 0 Å². The maximum Gasteiger partial charge on any atom is 0.315 e. The minimum absolute atomic E-state index is 0.744. The monoisotopic (exact) mass is 530 g/mol. The van der Waals surface area contributed by atoms with Crippen LogP contribution in [-0.4, -0.2) is 64.1 Å². The van der Waals surface area contributed by atoms with E-state index < -0.39 is 50.9 Å². The van der Waals surface area contributed by atoms with Gasteiger partial charge in [0.15, 0.2) is 16.6 Å². The lowest BCUT2D eigenvalue weighted by Gasteiger charge is -2.43. The first-order valence-electron chi connectivity index (χ1n) is 11.2. The minimum Gasteiger partial charge on any atom is -0.437 e. The van der Waals surface area contributed by atoms with E-state index in [-0.39, 0.29) is 0 Å². The van der Waals surface area contributed by atoms with Crippen LogP contribution in [0.3, 0.4) is 0 Å². The van der Waals surface area contributed by atoms with Crippen LogP contribution in [0.2, 0.25) is 91.2 Å². The molecule has 1 unspecified atom stereocenters. The molecule has 0 bridgehead atoms. The van der Waals surface area contributed by atoms with Gasteiger partial charge < -0.3 is 25.3 Å². The van der Waals surface area contributed by atoms with Gasteiger partial charge in [0.25, 0.3) is 0 Å². The number of hydrogen-bond donors (Lipinski definition) is 0. The first-order valence-corrected chi connectivity index (χ1v) is 29.0. The van der Waals surface area contributed by atoms with Crippen LogP contribution in [0.15, 0.2) is 0 Å². The average molecular weight is 531 g/mol. The molecule has 0 saturated heterocycles. The molecule has 0 aliphatic heterocycles. The van der Waals surface area contributed by atoms with Gasteiger partial charge in [0.1, 0.15) is 0 Å². The molecule has 0 aliphatic rings. The van der Waals surface area contributed by atoms with Crippen LogP contribution in [0.25, 0.3) is 0 Å². The molecule has 0 aromatic heterocycles. The molecule has 0 aliphatic carbocycles. The van der Waals surface area contributed by atoms with Crippen LogP contribution < -0.4 is 0 Å². The van der Waals surface area contributed by atoms with Gasteiger partial charge in [0.05, 0.1) is 0 Å². The first-order chi connectivity index (χ1) is 13.1. The Balaban J connectivity index is 5.29. The van der Waals surface area contributed by atoms with Crippen LogP contribution in [0, 0.1) is 0 Å². The normalized spacial score (nSPS) is 16.6. The lowest BCUT2D eigenvalue weighted by molar-refractivity contribution is 0.146. The molecule has 0 amide bonds. The fourth-order valence-electron chi connectivity index (χ4n) is 3.91. The van der Waals surface area contributed by atoms with E-state index in [0.29, 0.717) is 0 Å². The predicted molar refractivity (Wildman–Crippen MR) is 142 cm³/mol. The van der Waals surface area contributed by atoms with Crippen molar-refractivity contribution in [2.75, 3.05) is 13.2 Å². The third kappa shape index (κ3) is 15.8. The molecule has 6 nitrogen and oxygen atoms in total. The van der Waals surface area contributed by atoms with Gasteiger partial charge in [-0.05, 0) is 104 Å². The van der Waals surface area contributed by atoms with Gasteiger partial charge in [-0.2, -0.15) is 0 Å². The summed E-state index contributed by atoms with van der Waals surface area (Å²) < 4.78 is 38.6. The second kappa shape index (κ2) is 11.5. The molecule has 0 heterocycles. The van der Waals surface area contributed by atoms with E-state index in [4.69, 9.17) is 25.3 Å². The Hall–Kier alpha value is 1.06. The molecule has 0 saturated carbocycles. The maximum absolute atomic E-state index is 6.78. The Morgan fingerprint density at radius 1 is 0.500 bits per heavy atom. The van der Waals surface area contributed by atoms with Crippen molar-refractivity contribution >= 4 is 50.9 Å². The van der Waals surface area contributed by atoms with Crippen LogP contribution in [0.4, 0.5) is 0 Å². The molecular weight excluding hydrogens is 481 g/mol. The first kappa shape index (κ1) is 31.1. The fourth-order valence-corrected chi connectivity index (χ4v) is 32.4. The molecule has 182 valence electrons. The van der Waals surface area contributed by atoms with E-state index in [9.17, 15) is 0 Å². The van der Waals surface area contributed by atoms with Gasteiger partial charge in [-0.25, -0.2) is 0 Å². The van der Waals surface area contributed by atoms with Gasteiger partial charge in [-0.15, -0.1) is 0 Å². The standard InChI is InChI=1S/C18H50O6Si6/c1-15-19-17-16-18-30(14,21-26(5,6)7)24-29(12,13)23-28(10,11)22-27(8,9)20-25(2,3)4/h15-18H2,1-14H3. The lowest BCUT2D eigenvalue weighted by Crippen LogP contribution is -2.60. The Morgan fingerprint density at radius 3 is 1.30 bits per heavy atom. The van der Waals surface area contributed by atoms with Crippen molar-refractivity contribution in [3.63, 3.8) is 0 Å². The Labute approximate surface area is 193 Å². The summed E-state index contributed by atoms with van der Waals surface area (Å²) in [6.07, 6.45) is 0.951. The van der Waals surface area contributed by atoms with Gasteiger partial charge >= 0.3 is 34.2 Å². The third-order valence-electron chi connectivity index (χ3n) is 3.64. The molecule has 30 heavy (non-hydrogen) atoms. The van der Waals surface area contributed by atoms with Gasteiger partial charge in [-0.3, -0.25) is 0 Å². The molecule has 0 N–H and O–H groups in total. The van der Waals surface area contributed by atoms with Gasteiger partial charge in [-0.1, -0.05) is 0 Å². The summed E-state index contributed by atoms with van der Waals surface area (Å²) in [5, 5.41) is 0. The topological polar surface area (TPSA) is 55.4 Å². The highest BCUT2D eigenvalue weighted by Gasteiger charge is 2.47. The van der Waals surface area contributed by atoms with Crippen molar-refractivity contribution in [2.24, 2.45) is 0 Å². The minimum atomic E-state index is -2.47. The maximum atomic E-state index is 6.78. The Morgan fingerprint density at radius 2 is 0.900 bits per heavy atom. The van der Waals surface area contributed by atoms with E-state index in [0.717, 1.165) is 25.7 Å². The quantitative estimate of drug-likeness (QED) is 0.182. The number of ether oxygens (including phenoxy) is 1. The highest BCUT2D eigenvalue weighted by molar-refractivity contribution is 6.91. The summed E-state index contributed by atoms with van der Waals surface area (Å²) in [7, 11) is -13.0. The van der Waals surface area contributed by atoms with E-state index in [1.807, 2.05) is 6.92 Å². The highest BCUT2D eigenvalue weighted by Crippen LogP contribution is 2.29. The van der Waals surface area contributed by atoms with Gasteiger partial charge in [0, 0.05) is 13.2 Å². The molecule has 0 radical (unpaired) electrons. The lowest BCUT2D eigenvalue weighted by atomic mass is 10.5. The van der Waals surface area contributed by atoms with Crippen molar-refractivity contribution < 1.29 is 25.3 Å². The van der Waals surface area contributed by atoms with E-state index >= 15 is 0 Å². The van der Waals surface area contributed by atoms with Crippen LogP contribution in [0.5, 0.6) is 0 Å². The Kier molecular flexibility index (Phi) is 11.9. The highest BCUT2D eigenvalue weighted by atomic mass is 28.5. The number of rotatable bonds is 15. The average Bonchev–Trinajstić information content (AvgIpc) is 2.34. The van der Waals surface area contributed by atoms with E-state index in [2.05, 4.69) is 85.1 Å². The van der Waals surface area contributed by atoms with Crippen molar-refractivity contribution in [3.8, 4) is 0 Å². The fraction of sp³-hybridized carbons (Fsp3) is 1.00. The van der Waals surface area contributed by atoms with Crippen molar-refractivity contribution in [3.05, 3.63) is 0 Å². The largest absolute Gasteiger partial charge is 0.437 e. The van der Waals surface area contributed by atoms with Crippen LogP contribution >= 0.6 is 0 Å². The van der Waals surface area contributed by atoms with Gasteiger partial charge in [0.2, 0.25) is 0 Å². The third-order valence-corrected chi connectivity index (χ3v) is 25.1. The van der Waals surface area contributed by atoms with Crippen molar-refractivity contribution in [1.82, 2.24) is 0 Å². The SMILES string of the molecule is CCOCCC[Si](C)(O[Si](C)(C)C)O[Si](C)(C)O[Si](C)(C)O[Si](C)(C)O[Si](C)(C)C. The Bertz CT molecular complexity index is 518. The molecule has 1 atom stereocenters. The summed E-state index contributed by atoms with van der Waals surface area (Å²) in [4.78, 5) is 0. The summed E-state index contributed by atoms with van der Waals surface area (Å²) in [6.45, 7) is 31.7. The molecule has 0 aromatic carbocycles. The smallest absolute Gasteiger partial charge is 0.315 e. The van der Waals surface area contributed by atoms with Crippen molar-refractivity contribution in [1.29, 1.82) is 0 Å². The second-order valence-corrected chi connectivity index (χ2v) is 35.1. The van der Waals surface area contributed by atoms with Crippen LogP contribution in [-0.2, 0) is 25.3 Å². The van der Waals surface area contributed by atoms with E-state index in [1.165, 1.54) is 0 Å². The zero-order valence-electron chi connectivity index (χ0n) is 22.3. The molecule has 12 heteroatoms. The zero-order chi connectivity index (χ0) is 24.1. The predicted octanol–water partition coefficient (Wildman–Crippen LogP) is 6.34. The van der Waals surface area contributed by atoms with Crippen LogP contribution in [0.1, 0.15) is 13.3 Å². The molecule has 0 rings (SSSR count). The van der Waals surface area contributed by atoms with Crippen molar-refractivity contribution in [2.45, 2.75) is 104 Å². The molecule has 0 aromatic rings. The molecule has 0 spiro atoms. The summed E-state index contributed by atoms with van der Waals surface area (Å²) in [6, 6.07) is 0.916. The second-order valence-electron chi connectivity index (χ2n) is 11.4. The molecule has 0 fully saturated rings. The number of hydrogen-bond acceptors (Lipinski definition) is 6. The zero-order valence-corrected chi connectivity index (χ0v) is 28.3. The summed E-state index contributed by atoms with van der Waals surface area (Å²) in [5.41, 5.74) is 0. The summed E-state index contributed by atoms with van der Waals surface area (Å²) in [5.74, 6) is 0. The molecular formula is C18H50O6Si6. The summed E-state index contributed by atoms with van der Waals surface area (Å²) >= 11 is 0.